The summed E-state index contributed by atoms with van der Waals surface area (Å²) in [5, 5.41) is 9.51. The van der Waals surface area contributed by atoms with Crippen LogP contribution in [-0.2, 0) is 9.53 Å². The Balaban J connectivity index is 2.78. The molecule has 0 aromatic heterocycles. The lowest BCUT2D eigenvalue weighted by Crippen LogP contribution is -2.15. The van der Waals surface area contributed by atoms with Crippen LogP contribution >= 0.6 is 0 Å². The summed E-state index contributed by atoms with van der Waals surface area (Å²) in [6.07, 6.45) is -1.25. The first kappa shape index (κ1) is 10.5. The molecule has 0 spiro atoms. The normalized spacial score (nSPS) is 12.1. The van der Waals surface area contributed by atoms with Crippen LogP contribution in [0.5, 0.6) is 0 Å². The van der Waals surface area contributed by atoms with Gasteiger partial charge in [0.2, 0.25) is 0 Å². The van der Waals surface area contributed by atoms with Crippen LogP contribution in [-0.4, -0.2) is 17.7 Å². The maximum absolute atomic E-state index is 11.1. The average molecular weight is 195 g/mol. The Labute approximate surface area is 82.3 Å². The van der Waals surface area contributed by atoms with Gasteiger partial charge < -0.3 is 15.6 Å². The van der Waals surface area contributed by atoms with Crippen LogP contribution in [0.1, 0.15) is 18.6 Å². The smallest absolute Gasteiger partial charge is 0.339 e. The summed E-state index contributed by atoms with van der Waals surface area (Å²) in [4.78, 5) is 11.1. The highest BCUT2D eigenvalue weighted by Gasteiger charge is 2.18. The van der Waals surface area contributed by atoms with Crippen molar-refractivity contribution < 1.29 is 14.6 Å². The van der Waals surface area contributed by atoms with Crippen LogP contribution < -0.4 is 5.73 Å². The molecule has 0 aliphatic rings. The number of esters is 1. The molecule has 1 unspecified atom stereocenters. The van der Waals surface area contributed by atoms with E-state index in [-0.39, 0.29) is 6.61 Å². The third-order valence-corrected chi connectivity index (χ3v) is 1.74. The first-order valence-corrected chi connectivity index (χ1v) is 4.35. The zero-order chi connectivity index (χ0) is 10.6. The van der Waals surface area contributed by atoms with Gasteiger partial charge in [0.15, 0.2) is 6.10 Å². The summed E-state index contributed by atoms with van der Waals surface area (Å²) in [7, 11) is 0. The van der Waals surface area contributed by atoms with E-state index in [1.807, 2.05) is 0 Å². The maximum atomic E-state index is 11.1. The zero-order valence-electron chi connectivity index (χ0n) is 7.93. The number of aliphatic hydroxyl groups is 1. The molecule has 0 aliphatic carbocycles. The fraction of sp³-hybridized carbons (Fsp3) is 0.300. The van der Waals surface area contributed by atoms with E-state index in [4.69, 9.17) is 5.73 Å². The second-order valence-corrected chi connectivity index (χ2v) is 2.82. The fourth-order valence-electron chi connectivity index (χ4n) is 1.09. The molecule has 0 saturated carbocycles. The quantitative estimate of drug-likeness (QED) is 0.554. The van der Waals surface area contributed by atoms with E-state index in [1.165, 1.54) is 0 Å². The molecule has 1 atom stereocenters. The molecule has 0 saturated heterocycles. The van der Waals surface area contributed by atoms with E-state index in [1.54, 1.807) is 31.2 Å². The third kappa shape index (κ3) is 2.47. The number of benzene rings is 1. The number of carbonyl (C=O) groups excluding carboxylic acids is 1. The second-order valence-electron chi connectivity index (χ2n) is 2.82. The van der Waals surface area contributed by atoms with Crippen LogP contribution in [0.25, 0.3) is 0 Å². The number of hydrogen-bond acceptors (Lipinski definition) is 4. The summed E-state index contributed by atoms with van der Waals surface area (Å²) >= 11 is 0. The number of ether oxygens (including phenoxy) is 1. The van der Waals surface area contributed by atoms with Crippen molar-refractivity contribution in [3.63, 3.8) is 0 Å². The first-order chi connectivity index (χ1) is 6.65. The summed E-state index contributed by atoms with van der Waals surface area (Å²) in [6.45, 7) is 1.93. The predicted octanol–water partition coefficient (Wildman–Crippen LogP) is 0.865. The SMILES string of the molecule is CCOC(=O)C(O)c1cccc(N)c1. The van der Waals surface area contributed by atoms with Crippen molar-refractivity contribution in [1.29, 1.82) is 0 Å². The number of nitrogen functional groups attached to an aromatic ring is 1. The van der Waals surface area contributed by atoms with Crippen LogP contribution in [0.4, 0.5) is 5.69 Å². The van der Waals surface area contributed by atoms with Gasteiger partial charge in [-0.25, -0.2) is 4.79 Å². The Hall–Kier alpha value is -1.55. The Bertz CT molecular complexity index is 325. The molecule has 3 N–H and O–H groups in total. The van der Waals surface area contributed by atoms with Gasteiger partial charge in [0.1, 0.15) is 0 Å². The van der Waals surface area contributed by atoms with Crippen LogP contribution in [0.3, 0.4) is 0 Å². The lowest BCUT2D eigenvalue weighted by Gasteiger charge is -2.09. The minimum absolute atomic E-state index is 0.248. The van der Waals surface area contributed by atoms with Crippen molar-refractivity contribution >= 4 is 11.7 Å². The highest BCUT2D eigenvalue weighted by Crippen LogP contribution is 2.16. The molecule has 0 bridgehead atoms. The fourth-order valence-corrected chi connectivity index (χ4v) is 1.09. The number of nitrogens with two attached hydrogens (primary N) is 1. The van der Waals surface area contributed by atoms with Gasteiger partial charge in [-0.15, -0.1) is 0 Å². The molecular formula is C10H13NO3. The Morgan fingerprint density at radius 1 is 1.64 bits per heavy atom. The van der Waals surface area contributed by atoms with Crippen molar-refractivity contribution in [3.05, 3.63) is 29.8 Å². The monoisotopic (exact) mass is 195 g/mol. The van der Waals surface area contributed by atoms with Crippen LogP contribution in [0.2, 0.25) is 0 Å². The number of aliphatic hydroxyl groups excluding tert-OH is 1. The summed E-state index contributed by atoms with van der Waals surface area (Å²) < 4.78 is 4.67. The summed E-state index contributed by atoms with van der Waals surface area (Å²) in [5.74, 6) is -0.655. The van der Waals surface area contributed by atoms with Gasteiger partial charge in [0.05, 0.1) is 6.61 Å². The molecule has 1 aromatic rings. The van der Waals surface area contributed by atoms with Crippen LogP contribution in [0, 0.1) is 0 Å². The minimum atomic E-state index is -1.25. The highest BCUT2D eigenvalue weighted by molar-refractivity contribution is 5.76. The van der Waals surface area contributed by atoms with Gasteiger partial charge in [-0.3, -0.25) is 0 Å². The summed E-state index contributed by atoms with van der Waals surface area (Å²) in [6, 6.07) is 6.52. The largest absolute Gasteiger partial charge is 0.464 e. The maximum Gasteiger partial charge on any atom is 0.339 e. The van der Waals surface area contributed by atoms with Crippen LogP contribution in [0.15, 0.2) is 24.3 Å². The van der Waals surface area contributed by atoms with Crippen molar-refractivity contribution in [2.45, 2.75) is 13.0 Å². The Morgan fingerprint density at radius 2 is 2.36 bits per heavy atom. The molecule has 1 rings (SSSR count). The minimum Gasteiger partial charge on any atom is -0.464 e. The molecule has 0 radical (unpaired) electrons. The third-order valence-electron chi connectivity index (χ3n) is 1.74. The zero-order valence-corrected chi connectivity index (χ0v) is 7.93. The average Bonchev–Trinajstić information content (AvgIpc) is 2.17. The molecular weight excluding hydrogens is 182 g/mol. The Morgan fingerprint density at radius 3 is 2.93 bits per heavy atom. The van der Waals surface area contributed by atoms with Gasteiger partial charge in [0.25, 0.3) is 0 Å². The first-order valence-electron chi connectivity index (χ1n) is 4.35. The number of rotatable bonds is 3. The molecule has 4 nitrogen and oxygen atoms in total. The lowest BCUT2D eigenvalue weighted by atomic mass is 10.1. The molecule has 1 aromatic carbocycles. The molecule has 4 heteroatoms. The van der Waals surface area contributed by atoms with Gasteiger partial charge in [-0.05, 0) is 24.6 Å². The Kier molecular flexibility index (Phi) is 3.48. The van der Waals surface area contributed by atoms with Crippen molar-refractivity contribution in [1.82, 2.24) is 0 Å². The number of anilines is 1. The van der Waals surface area contributed by atoms with Gasteiger partial charge in [0, 0.05) is 5.69 Å². The van der Waals surface area contributed by atoms with E-state index in [0.29, 0.717) is 11.3 Å². The van der Waals surface area contributed by atoms with E-state index < -0.39 is 12.1 Å². The van der Waals surface area contributed by atoms with Crippen molar-refractivity contribution in [2.75, 3.05) is 12.3 Å². The van der Waals surface area contributed by atoms with Crippen molar-refractivity contribution in [2.24, 2.45) is 0 Å². The lowest BCUT2D eigenvalue weighted by molar-refractivity contribution is -0.153. The molecule has 0 aliphatic heterocycles. The molecule has 14 heavy (non-hydrogen) atoms. The van der Waals surface area contributed by atoms with E-state index in [9.17, 15) is 9.90 Å². The molecule has 0 fully saturated rings. The van der Waals surface area contributed by atoms with E-state index >= 15 is 0 Å². The van der Waals surface area contributed by atoms with E-state index in [2.05, 4.69) is 4.74 Å². The van der Waals surface area contributed by atoms with Gasteiger partial charge in [-0.2, -0.15) is 0 Å². The van der Waals surface area contributed by atoms with Crippen molar-refractivity contribution in [3.8, 4) is 0 Å². The molecule has 0 amide bonds. The second kappa shape index (κ2) is 4.62. The molecule has 76 valence electrons. The highest BCUT2D eigenvalue weighted by atomic mass is 16.5. The van der Waals surface area contributed by atoms with E-state index in [0.717, 1.165) is 0 Å². The van der Waals surface area contributed by atoms with Gasteiger partial charge >= 0.3 is 5.97 Å². The standard InChI is InChI=1S/C10H13NO3/c1-2-14-10(13)9(12)7-4-3-5-8(11)6-7/h3-6,9,12H,2,11H2,1H3. The number of hydrogen-bond donors (Lipinski definition) is 2. The summed E-state index contributed by atoms with van der Waals surface area (Å²) in [5.41, 5.74) is 6.46. The number of carbonyl (C=O) groups is 1. The van der Waals surface area contributed by atoms with Gasteiger partial charge in [-0.1, -0.05) is 12.1 Å². The predicted molar refractivity (Wildman–Crippen MR) is 52.4 cm³/mol. The molecule has 0 heterocycles. The topological polar surface area (TPSA) is 72.5 Å².